The minimum Gasteiger partial charge on any atom is -0.357 e. The van der Waals surface area contributed by atoms with Gasteiger partial charge in [-0.15, -0.1) is 24.0 Å². The third-order valence-corrected chi connectivity index (χ3v) is 5.10. The van der Waals surface area contributed by atoms with Gasteiger partial charge in [0.25, 0.3) is 0 Å². The van der Waals surface area contributed by atoms with Crippen LogP contribution in [0.3, 0.4) is 0 Å². The molecule has 2 N–H and O–H groups in total. The van der Waals surface area contributed by atoms with E-state index in [2.05, 4.69) is 62.6 Å². The van der Waals surface area contributed by atoms with E-state index in [-0.39, 0.29) is 29.9 Å². The number of likely N-dealkylation sites (tertiary alicyclic amines) is 1. The molecule has 0 saturated carbocycles. The van der Waals surface area contributed by atoms with Gasteiger partial charge in [-0.1, -0.05) is 51.0 Å². The lowest BCUT2D eigenvalue weighted by Crippen LogP contribution is -2.42. The van der Waals surface area contributed by atoms with Crippen molar-refractivity contribution in [3.8, 4) is 0 Å². The van der Waals surface area contributed by atoms with Crippen LogP contribution in [0.15, 0.2) is 29.3 Å². The first kappa shape index (κ1) is 25.7. The maximum atomic E-state index is 11.9. The molecule has 0 aliphatic carbocycles. The molecular formula is C23H39IN4O. The van der Waals surface area contributed by atoms with Crippen LogP contribution in [0.2, 0.25) is 0 Å². The molecule has 1 aliphatic rings. The molecule has 1 aromatic carbocycles. The van der Waals surface area contributed by atoms with Gasteiger partial charge in [0.05, 0.1) is 6.54 Å². The van der Waals surface area contributed by atoms with Crippen molar-refractivity contribution in [2.45, 2.75) is 78.9 Å². The Hall–Kier alpha value is -1.31. The summed E-state index contributed by atoms with van der Waals surface area (Å²) in [5.41, 5.74) is 2.36. The van der Waals surface area contributed by atoms with Crippen LogP contribution in [0, 0.1) is 5.92 Å². The van der Waals surface area contributed by atoms with Gasteiger partial charge in [-0.05, 0) is 43.7 Å². The van der Waals surface area contributed by atoms with E-state index in [0.29, 0.717) is 25.6 Å². The summed E-state index contributed by atoms with van der Waals surface area (Å²) in [6.07, 6.45) is 5.34. The largest absolute Gasteiger partial charge is 0.357 e. The van der Waals surface area contributed by atoms with E-state index in [1.54, 1.807) is 0 Å². The lowest BCUT2D eigenvalue weighted by atomic mass is 10.0. The van der Waals surface area contributed by atoms with Gasteiger partial charge in [0.15, 0.2) is 5.96 Å². The van der Waals surface area contributed by atoms with Crippen molar-refractivity contribution in [2.75, 3.05) is 13.1 Å². The van der Waals surface area contributed by atoms with Gasteiger partial charge in [0.2, 0.25) is 5.91 Å². The standard InChI is InChI=1S/C23H38N4O.HI/c1-5-24-23(26-19(4)10-6-9-18(2)3)25-16-20-11-7-12-21(15-20)17-27-14-8-13-22(27)28;/h7,11-12,15,18-19H,5-6,8-10,13-14,16-17H2,1-4H3,(H2,24,25,26);1H. The third-order valence-electron chi connectivity index (χ3n) is 5.10. The van der Waals surface area contributed by atoms with Crippen molar-refractivity contribution in [3.63, 3.8) is 0 Å². The van der Waals surface area contributed by atoms with Crippen molar-refractivity contribution < 1.29 is 4.79 Å². The van der Waals surface area contributed by atoms with Crippen LogP contribution in [0.4, 0.5) is 0 Å². The Labute approximate surface area is 194 Å². The van der Waals surface area contributed by atoms with Crippen LogP contribution in [0.1, 0.15) is 70.9 Å². The maximum Gasteiger partial charge on any atom is 0.222 e. The Morgan fingerprint density at radius 2 is 1.97 bits per heavy atom. The number of amides is 1. The number of guanidine groups is 1. The predicted octanol–water partition coefficient (Wildman–Crippen LogP) is 4.70. The molecule has 2 rings (SSSR count). The van der Waals surface area contributed by atoms with E-state index in [9.17, 15) is 4.79 Å². The highest BCUT2D eigenvalue weighted by Gasteiger charge is 2.19. The molecule has 1 amide bonds. The van der Waals surface area contributed by atoms with E-state index in [0.717, 1.165) is 37.8 Å². The molecule has 0 aromatic heterocycles. The molecule has 6 heteroatoms. The highest BCUT2D eigenvalue weighted by molar-refractivity contribution is 14.0. The third kappa shape index (κ3) is 9.83. The van der Waals surface area contributed by atoms with Crippen molar-refractivity contribution in [1.29, 1.82) is 0 Å². The second kappa shape index (κ2) is 13.8. The van der Waals surface area contributed by atoms with Crippen LogP contribution in [0.5, 0.6) is 0 Å². The Morgan fingerprint density at radius 3 is 2.62 bits per heavy atom. The Morgan fingerprint density at radius 1 is 1.21 bits per heavy atom. The van der Waals surface area contributed by atoms with Gasteiger partial charge in [-0.25, -0.2) is 4.99 Å². The van der Waals surface area contributed by atoms with Gasteiger partial charge in [0, 0.05) is 32.1 Å². The minimum absolute atomic E-state index is 0. The Kier molecular flexibility index (Phi) is 12.3. The van der Waals surface area contributed by atoms with E-state index >= 15 is 0 Å². The molecule has 1 aliphatic heterocycles. The van der Waals surface area contributed by atoms with Crippen molar-refractivity contribution in [2.24, 2.45) is 10.9 Å². The second-order valence-corrected chi connectivity index (χ2v) is 8.30. The summed E-state index contributed by atoms with van der Waals surface area (Å²) in [6.45, 7) is 11.9. The molecule has 164 valence electrons. The number of carbonyl (C=O) groups is 1. The summed E-state index contributed by atoms with van der Waals surface area (Å²) < 4.78 is 0. The fourth-order valence-electron chi connectivity index (χ4n) is 3.55. The van der Waals surface area contributed by atoms with Crippen molar-refractivity contribution >= 4 is 35.8 Å². The van der Waals surface area contributed by atoms with Crippen molar-refractivity contribution in [1.82, 2.24) is 15.5 Å². The lowest BCUT2D eigenvalue weighted by molar-refractivity contribution is -0.128. The molecule has 5 nitrogen and oxygen atoms in total. The summed E-state index contributed by atoms with van der Waals surface area (Å²) in [6, 6.07) is 8.84. The highest BCUT2D eigenvalue weighted by atomic mass is 127. The fourth-order valence-corrected chi connectivity index (χ4v) is 3.55. The number of nitrogens with one attached hydrogen (secondary N) is 2. The monoisotopic (exact) mass is 514 g/mol. The molecule has 1 aromatic rings. The van der Waals surface area contributed by atoms with Crippen LogP contribution in [0.25, 0.3) is 0 Å². The number of nitrogens with zero attached hydrogens (tertiary/aromatic N) is 2. The van der Waals surface area contributed by atoms with E-state index in [1.165, 1.54) is 24.0 Å². The first-order valence-electron chi connectivity index (χ1n) is 10.9. The smallest absolute Gasteiger partial charge is 0.222 e. The van der Waals surface area contributed by atoms with Gasteiger partial charge in [0.1, 0.15) is 0 Å². The molecular weight excluding hydrogens is 475 g/mol. The quantitative estimate of drug-likeness (QED) is 0.271. The number of rotatable bonds is 10. The number of hydrogen-bond donors (Lipinski definition) is 2. The average Bonchev–Trinajstić information content (AvgIpc) is 3.04. The summed E-state index contributed by atoms with van der Waals surface area (Å²) in [4.78, 5) is 18.6. The van der Waals surface area contributed by atoms with Gasteiger partial charge < -0.3 is 15.5 Å². The molecule has 1 saturated heterocycles. The first-order chi connectivity index (χ1) is 13.5. The molecule has 0 bridgehead atoms. The van der Waals surface area contributed by atoms with E-state index in [1.807, 2.05) is 4.90 Å². The molecule has 0 radical (unpaired) electrons. The fraction of sp³-hybridized carbons (Fsp3) is 0.652. The molecule has 1 fully saturated rings. The number of carbonyl (C=O) groups excluding carboxylic acids is 1. The minimum atomic E-state index is 0. The molecule has 0 spiro atoms. The van der Waals surface area contributed by atoms with Crippen LogP contribution in [-0.2, 0) is 17.9 Å². The SMILES string of the molecule is CCNC(=NCc1cccc(CN2CCCC2=O)c1)NC(C)CCCC(C)C.I. The number of aliphatic imine (C=N–C) groups is 1. The zero-order chi connectivity index (χ0) is 20.4. The Balaban J connectivity index is 0.00000420. The molecule has 1 heterocycles. The lowest BCUT2D eigenvalue weighted by Gasteiger charge is -2.18. The number of hydrogen-bond acceptors (Lipinski definition) is 2. The first-order valence-corrected chi connectivity index (χ1v) is 10.9. The van der Waals surface area contributed by atoms with Gasteiger partial charge >= 0.3 is 0 Å². The summed E-state index contributed by atoms with van der Waals surface area (Å²) in [5, 5.41) is 6.88. The molecule has 1 atom stereocenters. The second-order valence-electron chi connectivity index (χ2n) is 8.30. The summed E-state index contributed by atoms with van der Waals surface area (Å²) in [7, 11) is 0. The van der Waals surface area contributed by atoms with E-state index < -0.39 is 0 Å². The van der Waals surface area contributed by atoms with Crippen LogP contribution in [-0.4, -0.2) is 35.9 Å². The van der Waals surface area contributed by atoms with Crippen LogP contribution >= 0.6 is 24.0 Å². The summed E-state index contributed by atoms with van der Waals surface area (Å²) >= 11 is 0. The zero-order valence-electron chi connectivity index (χ0n) is 18.5. The topological polar surface area (TPSA) is 56.7 Å². The number of halogens is 1. The normalized spacial score (nSPS) is 15.4. The maximum absolute atomic E-state index is 11.9. The molecule has 29 heavy (non-hydrogen) atoms. The van der Waals surface area contributed by atoms with Gasteiger partial charge in [-0.2, -0.15) is 0 Å². The van der Waals surface area contributed by atoms with Gasteiger partial charge in [-0.3, -0.25) is 4.79 Å². The molecule has 1 unspecified atom stereocenters. The number of benzene rings is 1. The van der Waals surface area contributed by atoms with Crippen molar-refractivity contribution in [3.05, 3.63) is 35.4 Å². The zero-order valence-corrected chi connectivity index (χ0v) is 20.9. The predicted molar refractivity (Wildman–Crippen MR) is 133 cm³/mol. The Bertz CT molecular complexity index is 648. The highest BCUT2D eigenvalue weighted by Crippen LogP contribution is 2.15. The van der Waals surface area contributed by atoms with Crippen LogP contribution < -0.4 is 10.6 Å². The average molecular weight is 514 g/mol. The van der Waals surface area contributed by atoms with E-state index in [4.69, 9.17) is 4.99 Å². The summed E-state index contributed by atoms with van der Waals surface area (Å²) in [5.74, 6) is 1.91.